The number of aromatic amines is 1. The molecule has 3 aromatic rings. The predicted octanol–water partition coefficient (Wildman–Crippen LogP) is 3.54. The first-order chi connectivity index (χ1) is 7.84. The van der Waals surface area contributed by atoms with Crippen molar-refractivity contribution in [3.63, 3.8) is 0 Å². The molecule has 0 radical (unpaired) electrons. The lowest BCUT2D eigenvalue weighted by Crippen LogP contribution is -1.84. The van der Waals surface area contributed by atoms with Gasteiger partial charge in [0, 0.05) is 18.0 Å². The van der Waals surface area contributed by atoms with E-state index in [2.05, 4.69) is 47.2 Å². The average Bonchev–Trinajstić information content (AvgIpc) is 2.76. The van der Waals surface area contributed by atoms with E-state index in [-0.39, 0.29) is 0 Å². The van der Waals surface area contributed by atoms with Crippen molar-refractivity contribution in [3.8, 4) is 11.1 Å². The van der Waals surface area contributed by atoms with Gasteiger partial charge in [-0.25, -0.2) is 0 Å². The Balaban J connectivity index is 2.22. The van der Waals surface area contributed by atoms with E-state index in [0.29, 0.717) is 0 Å². The van der Waals surface area contributed by atoms with E-state index in [0.717, 1.165) is 16.6 Å². The van der Waals surface area contributed by atoms with E-state index in [1.807, 2.05) is 18.5 Å². The number of H-pyrrole nitrogens is 1. The zero-order chi connectivity index (χ0) is 11.0. The summed E-state index contributed by atoms with van der Waals surface area (Å²) in [5.74, 6) is 0. The molecule has 16 heavy (non-hydrogen) atoms. The van der Waals surface area contributed by atoms with Crippen molar-refractivity contribution in [3.05, 3.63) is 54.4 Å². The first-order valence-electron chi connectivity index (χ1n) is 5.34. The van der Waals surface area contributed by atoms with Gasteiger partial charge in [0.25, 0.3) is 0 Å². The number of pyridine rings is 1. The summed E-state index contributed by atoms with van der Waals surface area (Å²) in [5.41, 5.74) is 5.77. The number of aromatic nitrogens is 2. The molecule has 0 atom stereocenters. The zero-order valence-electron chi connectivity index (χ0n) is 9.07. The molecule has 1 N–H and O–H groups in total. The van der Waals surface area contributed by atoms with Crippen LogP contribution in [0.3, 0.4) is 0 Å². The first-order valence-corrected chi connectivity index (χ1v) is 5.34. The second-order valence-corrected chi connectivity index (χ2v) is 3.95. The fourth-order valence-electron chi connectivity index (χ4n) is 1.98. The van der Waals surface area contributed by atoms with Gasteiger partial charge in [0.2, 0.25) is 0 Å². The zero-order valence-corrected chi connectivity index (χ0v) is 9.07. The minimum atomic E-state index is 1.01. The van der Waals surface area contributed by atoms with Crippen LogP contribution in [0.5, 0.6) is 0 Å². The number of fused-ring (bicyclic) bond motifs is 1. The molecule has 0 fully saturated rings. The molecule has 78 valence electrons. The van der Waals surface area contributed by atoms with Crippen LogP contribution in [0.4, 0.5) is 0 Å². The van der Waals surface area contributed by atoms with Crippen molar-refractivity contribution in [2.45, 2.75) is 6.92 Å². The highest BCUT2D eigenvalue weighted by molar-refractivity contribution is 5.81. The lowest BCUT2D eigenvalue weighted by atomic mass is 10.0. The van der Waals surface area contributed by atoms with E-state index in [1.54, 1.807) is 0 Å². The van der Waals surface area contributed by atoms with Gasteiger partial charge in [0.15, 0.2) is 0 Å². The average molecular weight is 208 g/mol. The lowest BCUT2D eigenvalue weighted by Gasteiger charge is -2.04. The van der Waals surface area contributed by atoms with Gasteiger partial charge in [0.05, 0.1) is 11.0 Å². The number of hydrogen-bond acceptors (Lipinski definition) is 1. The molecule has 0 amide bonds. The number of aryl methyl sites for hydroxylation is 1. The van der Waals surface area contributed by atoms with Gasteiger partial charge in [-0.15, -0.1) is 0 Å². The van der Waals surface area contributed by atoms with Gasteiger partial charge >= 0.3 is 0 Å². The van der Waals surface area contributed by atoms with Crippen LogP contribution in [0.1, 0.15) is 5.56 Å². The Kier molecular flexibility index (Phi) is 2.00. The summed E-state index contributed by atoms with van der Waals surface area (Å²) in [4.78, 5) is 7.61. The van der Waals surface area contributed by atoms with Crippen LogP contribution in [-0.4, -0.2) is 9.97 Å². The van der Waals surface area contributed by atoms with Crippen LogP contribution in [0, 0.1) is 6.92 Å². The summed E-state index contributed by atoms with van der Waals surface area (Å²) in [5, 5.41) is 0. The molecule has 0 unspecified atom stereocenters. The molecule has 0 aliphatic carbocycles. The van der Waals surface area contributed by atoms with Gasteiger partial charge < -0.3 is 4.98 Å². The number of nitrogens with one attached hydrogen (secondary N) is 1. The van der Waals surface area contributed by atoms with Crippen molar-refractivity contribution in [2.75, 3.05) is 0 Å². The van der Waals surface area contributed by atoms with Gasteiger partial charge in [-0.1, -0.05) is 24.3 Å². The molecule has 3 rings (SSSR count). The van der Waals surface area contributed by atoms with Crippen LogP contribution in [0.25, 0.3) is 22.2 Å². The number of hydrogen-bond donors (Lipinski definition) is 1. The Hall–Kier alpha value is -2.09. The predicted molar refractivity (Wildman–Crippen MR) is 66.3 cm³/mol. The largest absolute Gasteiger partial charge is 0.360 e. The van der Waals surface area contributed by atoms with Crippen molar-refractivity contribution < 1.29 is 0 Å². The Morgan fingerprint density at radius 1 is 1.12 bits per heavy atom. The highest BCUT2D eigenvalue weighted by atomic mass is 14.7. The van der Waals surface area contributed by atoms with Crippen LogP contribution in [-0.2, 0) is 0 Å². The third-order valence-corrected chi connectivity index (χ3v) is 2.85. The Bertz CT molecular complexity index is 638. The van der Waals surface area contributed by atoms with E-state index in [4.69, 9.17) is 0 Å². The number of benzene rings is 1. The molecule has 0 aliphatic rings. The summed E-state index contributed by atoms with van der Waals surface area (Å²) in [6, 6.07) is 12.5. The van der Waals surface area contributed by atoms with Gasteiger partial charge in [0.1, 0.15) is 0 Å². The molecule has 0 saturated carbocycles. The SMILES string of the molecule is Cc1ccccc1-c1cnc2cc[nH]c2c1. The standard InChI is InChI=1S/C14H12N2/c1-10-4-2-3-5-12(10)11-8-14-13(16-9-11)6-7-15-14/h2-9,15H,1H3. The molecule has 0 aliphatic heterocycles. The van der Waals surface area contributed by atoms with Gasteiger partial charge in [-0.3, -0.25) is 4.98 Å². The van der Waals surface area contributed by atoms with E-state index in [1.165, 1.54) is 11.1 Å². The highest BCUT2D eigenvalue weighted by Gasteiger charge is 2.03. The number of rotatable bonds is 1. The van der Waals surface area contributed by atoms with Gasteiger partial charge in [-0.05, 0) is 30.2 Å². The minimum absolute atomic E-state index is 1.01. The Labute approximate surface area is 94.0 Å². The fourth-order valence-corrected chi connectivity index (χ4v) is 1.98. The van der Waals surface area contributed by atoms with Crippen molar-refractivity contribution in [1.82, 2.24) is 9.97 Å². The third kappa shape index (κ3) is 1.39. The molecule has 2 heteroatoms. The normalized spacial score (nSPS) is 10.8. The van der Waals surface area contributed by atoms with Crippen molar-refractivity contribution in [1.29, 1.82) is 0 Å². The first kappa shape index (κ1) is 9.16. The molecule has 0 saturated heterocycles. The molecule has 2 aromatic heterocycles. The number of nitrogens with zero attached hydrogens (tertiary/aromatic N) is 1. The maximum absolute atomic E-state index is 4.43. The van der Waals surface area contributed by atoms with Crippen LogP contribution >= 0.6 is 0 Å². The topological polar surface area (TPSA) is 28.7 Å². The second kappa shape index (κ2) is 3.49. The van der Waals surface area contributed by atoms with Gasteiger partial charge in [-0.2, -0.15) is 0 Å². The summed E-state index contributed by atoms with van der Waals surface area (Å²) < 4.78 is 0. The van der Waals surface area contributed by atoms with Crippen LogP contribution < -0.4 is 0 Å². The summed E-state index contributed by atoms with van der Waals surface area (Å²) in [6.45, 7) is 2.12. The smallest absolute Gasteiger partial charge is 0.0879 e. The fraction of sp³-hybridized carbons (Fsp3) is 0.0714. The van der Waals surface area contributed by atoms with E-state index < -0.39 is 0 Å². The molecule has 0 spiro atoms. The molecular weight excluding hydrogens is 196 g/mol. The lowest BCUT2D eigenvalue weighted by molar-refractivity contribution is 1.38. The Morgan fingerprint density at radius 2 is 2.00 bits per heavy atom. The second-order valence-electron chi connectivity index (χ2n) is 3.95. The monoisotopic (exact) mass is 208 g/mol. The maximum Gasteiger partial charge on any atom is 0.0879 e. The summed E-state index contributed by atoms with van der Waals surface area (Å²) in [6.07, 6.45) is 3.85. The van der Waals surface area contributed by atoms with Crippen molar-refractivity contribution in [2.24, 2.45) is 0 Å². The van der Waals surface area contributed by atoms with Crippen LogP contribution in [0.2, 0.25) is 0 Å². The Morgan fingerprint density at radius 3 is 2.88 bits per heavy atom. The molecule has 2 nitrogen and oxygen atoms in total. The molecule has 0 bridgehead atoms. The van der Waals surface area contributed by atoms with Crippen LogP contribution in [0.15, 0.2) is 48.8 Å². The van der Waals surface area contributed by atoms with E-state index in [9.17, 15) is 0 Å². The third-order valence-electron chi connectivity index (χ3n) is 2.85. The summed E-state index contributed by atoms with van der Waals surface area (Å²) in [7, 11) is 0. The van der Waals surface area contributed by atoms with E-state index >= 15 is 0 Å². The highest BCUT2D eigenvalue weighted by Crippen LogP contribution is 2.24. The van der Waals surface area contributed by atoms with Crippen molar-refractivity contribution >= 4 is 11.0 Å². The summed E-state index contributed by atoms with van der Waals surface area (Å²) >= 11 is 0. The molecule has 2 heterocycles. The quantitative estimate of drug-likeness (QED) is 0.651. The molecular formula is C14H12N2. The molecule has 1 aromatic carbocycles. The minimum Gasteiger partial charge on any atom is -0.360 e. The maximum atomic E-state index is 4.43.